The number of aromatic amines is 1. The van der Waals surface area contributed by atoms with Gasteiger partial charge in [0.25, 0.3) is 0 Å². The number of rotatable bonds is 7. The van der Waals surface area contributed by atoms with Crippen LogP contribution in [0.15, 0.2) is 30.5 Å². The van der Waals surface area contributed by atoms with Crippen LogP contribution in [0.25, 0.3) is 10.9 Å². The van der Waals surface area contributed by atoms with E-state index in [2.05, 4.69) is 41.5 Å². The standard InChI is InChI=1S/C15H22N2/c1-2-3-4-5-9-16-12-13-6-7-15-14(11-13)8-10-17-15/h6-8,10-11,16-17H,2-5,9,12H2,1H3. The maximum atomic E-state index is 3.51. The van der Waals surface area contributed by atoms with Gasteiger partial charge in [0.05, 0.1) is 0 Å². The maximum absolute atomic E-state index is 3.51. The predicted octanol–water partition coefficient (Wildman–Crippen LogP) is 3.84. The summed E-state index contributed by atoms with van der Waals surface area (Å²) < 4.78 is 0. The van der Waals surface area contributed by atoms with E-state index in [1.807, 2.05) is 6.20 Å². The maximum Gasteiger partial charge on any atom is 0.0454 e. The van der Waals surface area contributed by atoms with E-state index in [4.69, 9.17) is 0 Å². The van der Waals surface area contributed by atoms with Crippen LogP contribution >= 0.6 is 0 Å². The summed E-state index contributed by atoms with van der Waals surface area (Å²) in [5, 5.41) is 4.81. The molecular formula is C15H22N2. The number of fused-ring (bicyclic) bond motifs is 1. The molecule has 0 aliphatic heterocycles. The quantitative estimate of drug-likeness (QED) is 0.695. The van der Waals surface area contributed by atoms with Crippen molar-refractivity contribution < 1.29 is 0 Å². The second-order valence-electron chi connectivity index (χ2n) is 4.64. The third kappa shape index (κ3) is 3.60. The summed E-state index contributed by atoms with van der Waals surface area (Å²) in [6, 6.07) is 8.73. The summed E-state index contributed by atoms with van der Waals surface area (Å²) in [6.45, 7) is 4.36. The first kappa shape index (κ1) is 12.2. The smallest absolute Gasteiger partial charge is 0.0454 e. The minimum absolute atomic E-state index is 0.979. The Bertz CT molecular complexity index is 445. The minimum atomic E-state index is 0.979. The molecule has 0 saturated heterocycles. The molecule has 0 radical (unpaired) electrons. The molecule has 0 unspecified atom stereocenters. The van der Waals surface area contributed by atoms with E-state index in [-0.39, 0.29) is 0 Å². The Balaban J connectivity index is 1.75. The van der Waals surface area contributed by atoms with Crippen molar-refractivity contribution in [3.63, 3.8) is 0 Å². The number of aromatic nitrogens is 1. The highest BCUT2D eigenvalue weighted by atomic mass is 14.8. The zero-order valence-electron chi connectivity index (χ0n) is 10.6. The van der Waals surface area contributed by atoms with E-state index in [9.17, 15) is 0 Å². The predicted molar refractivity (Wildman–Crippen MR) is 74.1 cm³/mol. The molecule has 92 valence electrons. The zero-order chi connectivity index (χ0) is 11.9. The SMILES string of the molecule is CCCCCCNCc1ccc2[nH]ccc2c1. The van der Waals surface area contributed by atoms with Gasteiger partial charge in [-0.3, -0.25) is 0 Å². The fourth-order valence-corrected chi connectivity index (χ4v) is 2.12. The van der Waals surface area contributed by atoms with E-state index in [1.54, 1.807) is 0 Å². The molecule has 0 aliphatic rings. The monoisotopic (exact) mass is 230 g/mol. The summed E-state index contributed by atoms with van der Waals surface area (Å²) in [6.07, 6.45) is 7.30. The van der Waals surface area contributed by atoms with Crippen LogP contribution in [0.5, 0.6) is 0 Å². The van der Waals surface area contributed by atoms with Gasteiger partial charge in [-0.1, -0.05) is 32.3 Å². The van der Waals surface area contributed by atoms with Gasteiger partial charge in [0.1, 0.15) is 0 Å². The van der Waals surface area contributed by atoms with E-state index >= 15 is 0 Å². The largest absolute Gasteiger partial charge is 0.361 e. The van der Waals surface area contributed by atoms with Crippen LogP contribution in [-0.4, -0.2) is 11.5 Å². The van der Waals surface area contributed by atoms with Gasteiger partial charge in [-0.2, -0.15) is 0 Å². The van der Waals surface area contributed by atoms with Gasteiger partial charge < -0.3 is 10.3 Å². The molecule has 2 aromatic rings. The third-order valence-electron chi connectivity index (χ3n) is 3.15. The van der Waals surface area contributed by atoms with Gasteiger partial charge >= 0.3 is 0 Å². The van der Waals surface area contributed by atoms with Crippen LogP contribution in [0.2, 0.25) is 0 Å². The second kappa shape index (κ2) is 6.45. The van der Waals surface area contributed by atoms with Crippen molar-refractivity contribution in [2.24, 2.45) is 0 Å². The molecular weight excluding hydrogens is 208 g/mol. The summed E-state index contributed by atoms with van der Waals surface area (Å²) in [7, 11) is 0. The fourth-order valence-electron chi connectivity index (χ4n) is 2.12. The Morgan fingerprint density at radius 2 is 2.06 bits per heavy atom. The molecule has 1 heterocycles. The number of benzene rings is 1. The van der Waals surface area contributed by atoms with Crippen LogP contribution in [0.3, 0.4) is 0 Å². The molecule has 0 fully saturated rings. The molecule has 2 nitrogen and oxygen atoms in total. The molecule has 0 atom stereocenters. The lowest BCUT2D eigenvalue weighted by atomic mass is 10.1. The van der Waals surface area contributed by atoms with E-state index in [0.717, 1.165) is 13.1 Å². The molecule has 17 heavy (non-hydrogen) atoms. The molecule has 0 saturated carbocycles. The molecule has 0 aliphatic carbocycles. The molecule has 2 rings (SSSR count). The first-order valence-corrected chi connectivity index (χ1v) is 6.67. The van der Waals surface area contributed by atoms with Crippen molar-refractivity contribution >= 4 is 10.9 Å². The lowest BCUT2D eigenvalue weighted by Crippen LogP contribution is -2.14. The van der Waals surface area contributed by atoms with Crippen molar-refractivity contribution in [2.45, 2.75) is 39.2 Å². The lowest BCUT2D eigenvalue weighted by molar-refractivity contribution is 0.598. The van der Waals surface area contributed by atoms with Gasteiger partial charge in [-0.05, 0) is 42.1 Å². The average molecular weight is 230 g/mol. The highest BCUT2D eigenvalue weighted by Crippen LogP contribution is 2.14. The summed E-state index contributed by atoms with van der Waals surface area (Å²) in [5.74, 6) is 0. The van der Waals surface area contributed by atoms with Gasteiger partial charge in [-0.25, -0.2) is 0 Å². The number of hydrogen-bond donors (Lipinski definition) is 2. The van der Waals surface area contributed by atoms with Crippen molar-refractivity contribution in [1.82, 2.24) is 10.3 Å². The summed E-state index contributed by atoms with van der Waals surface area (Å²) in [5.41, 5.74) is 2.59. The highest BCUT2D eigenvalue weighted by molar-refractivity contribution is 5.79. The van der Waals surface area contributed by atoms with Gasteiger partial charge in [0.2, 0.25) is 0 Å². The highest BCUT2D eigenvalue weighted by Gasteiger charge is 1.96. The Kier molecular flexibility index (Phi) is 4.63. The van der Waals surface area contributed by atoms with Crippen molar-refractivity contribution in [3.05, 3.63) is 36.0 Å². The Morgan fingerprint density at radius 1 is 1.12 bits per heavy atom. The van der Waals surface area contributed by atoms with Crippen molar-refractivity contribution in [3.8, 4) is 0 Å². The molecule has 1 aromatic heterocycles. The number of unbranched alkanes of at least 4 members (excludes halogenated alkanes) is 3. The van der Waals surface area contributed by atoms with E-state index < -0.39 is 0 Å². The molecule has 0 bridgehead atoms. The summed E-state index contributed by atoms with van der Waals surface area (Å²) >= 11 is 0. The van der Waals surface area contributed by atoms with Gasteiger partial charge in [-0.15, -0.1) is 0 Å². The fraction of sp³-hybridized carbons (Fsp3) is 0.467. The molecule has 2 heteroatoms. The Hall–Kier alpha value is -1.28. The number of hydrogen-bond acceptors (Lipinski definition) is 1. The molecule has 0 amide bonds. The van der Waals surface area contributed by atoms with Crippen LogP contribution in [0.4, 0.5) is 0 Å². The van der Waals surface area contributed by atoms with Gasteiger partial charge in [0.15, 0.2) is 0 Å². The first-order valence-electron chi connectivity index (χ1n) is 6.67. The minimum Gasteiger partial charge on any atom is -0.361 e. The Labute approximate surface area is 103 Å². The Morgan fingerprint density at radius 3 is 2.94 bits per heavy atom. The second-order valence-corrected chi connectivity index (χ2v) is 4.64. The topological polar surface area (TPSA) is 27.8 Å². The van der Waals surface area contributed by atoms with Crippen LogP contribution in [0, 0.1) is 0 Å². The van der Waals surface area contributed by atoms with Crippen molar-refractivity contribution in [2.75, 3.05) is 6.54 Å². The van der Waals surface area contributed by atoms with Crippen LogP contribution in [-0.2, 0) is 6.54 Å². The van der Waals surface area contributed by atoms with Crippen molar-refractivity contribution in [1.29, 1.82) is 0 Å². The third-order valence-corrected chi connectivity index (χ3v) is 3.15. The number of H-pyrrole nitrogens is 1. The average Bonchev–Trinajstić information content (AvgIpc) is 2.81. The zero-order valence-corrected chi connectivity index (χ0v) is 10.6. The molecule has 1 aromatic carbocycles. The van der Waals surface area contributed by atoms with Gasteiger partial charge in [0, 0.05) is 18.3 Å². The normalized spacial score (nSPS) is 11.1. The van der Waals surface area contributed by atoms with Crippen LogP contribution < -0.4 is 5.32 Å². The molecule has 2 N–H and O–H groups in total. The summed E-state index contributed by atoms with van der Waals surface area (Å²) in [4.78, 5) is 3.22. The molecule has 0 spiro atoms. The first-order chi connectivity index (χ1) is 8.40. The number of nitrogens with one attached hydrogen (secondary N) is 2. The van der Waals surface area contributed by atoms with Crippen LogP contribution in [0.1, 0.15) is 38.2 Å². The van der Waals surface area contributed by atoms with E-state index in [0.29, 0.717) is 0 Å². The van der Waals surface area contributed by atoms with E-state index in [1.165, 1.54) is 42.1 Å². The lowest BCUT2D eigenvalue weighted by Gasteiger charge is -2.05.